The van der Waals surface area contributed by atoms with Crippen molar-refractivity contribution >= 4 is 30.2 Å². The van der Waals surface area contributed by atoms with Gasteiger partial charge in [-0.1, -0.05) is 0 Å². The van der Waals surface area contributed by atoms with E-state index in [0.717, 1.165) is 13.8 Å². The van der Waals surface area contributed by atoms with Gasteiger partial charge in [0.2, 0.25) is 11.4 Å². The van der Waals surface area contributed by atoms with Gasteiger partial charge in [-0.25, -0.2) is 4.39 Å². The molecule has 0 saturated carbocycles. The van der Waals surface area contributed by atoms with Crippen molar-refractivity contribution in [2.24, 2.45) is 0 Å². The van der Waals surface area contributed by atoms with E-state index in [9.17, 15) is 66.0 Å². The molecule has 0 radical (unpaired) electrons. The fourth-order valence-corrected chi connectivity index (χ4v) is 3.35. The fraction of sp³-hybridized carbons (Fsp3) is 0.833. The van der Waals surface area contributed by atoms with E-state index in [-0.39, 0.29) is 0 Å². The number of hydrogen-bond donors (Lipinski definition) is 0. The van der Waals surface area contributed by atoms with Crippen LogP contribution in [0.15, 0.2) is 11.4 Å². The Balaban J connectivity index is 6.80. The van der Waals surface area contributed by atoms with Crippen molar-refractivity contribution in [2.75, 3.05) is 13.2 Å². The molecular weight excluding hydrogens is 616 g/mol. The molecule has 19 heteroatoms. The smallest absolute Gasteiger partial charge is 0.304 e. The summed E-state index contributed by atoms with van der Waals surface area (Å²) in [6, 6.07) is 0. The molecule has 0 saturated heterocycles. The second kappa shape index (κ2) is 9.12. The summed E-state index contributed by atoms with van der Waals surface area (Å²) < 4.78 is 200. The minimum Gasteiger partial charge on any atom is -0.304 e. The molecule has 0 aromatic rings. The monoisotopic (exact) mass is 626 g/mol. The lowest BCUT2D eigenvalue weighted by atomic mass is 9.94. The Morgan fingerprint density at radius 1 is 0.710 bits per heavy atom. The molecule has 0 N–H and O–H groups in total. The molecule has 0 rings (SSSR count). The van der Waals surface area contributed by atoms with Crippen LogP contribution in [0.3, 0.4) is 0 Å². The van der Waals surface area contributed by atoms with Crippen molar-refractivity contribution in [3.8, 4) is 0 Å². The summed E-state index contributed by atoms with van der Waals surface area (Å²) in [6.07, 6.45) is 0. The van der Waals surface area contributed by atoms with Gasteiger partial charge in [0.25, 0.3) is 0 Å². The standard InChI is InChI=1S/C12H10F14IO3P/c1-3-29-31(28,30-4-2)6(14)5(13)7(15,16)8(17,18)9(19,20)10(21,22)11(23,24)12(25,26)27/h3-4H2,1-2H3. The summed E-state index contributed by atoms with van der Waals surface area (Å²) in [5, 5.41) is 0. The van der Waals surface area contributed by atoms with Gasteiger partial charge in [0.15, 0.2) is 0 Å². The number of halogens is 15. The van der Waals surface area contributed by atoms with Crippen molar-refractivity contribution in [1.82, 2.24) is 0 Å². The molecule has 0 unspecified atom stereocenters. The summed E-state index contributed by atoms with van der Waals surface area (Å²) in [5.41, 5.74) is -3.56. The Labute approximate surface area is 177 Å². The zero-order valence-electron chi connectivity index (χ0n) is 14.8. The molecule has 0 aromatic heterocycles. The molecule has 0 amide bonds. The molecule has 0 aliphatic heterocycles. The van der Waals surface area contributed by atoms with E-state index < -0.39 is 88.3 Å². The third-order valence-electron chi connectivity index (χ3n) is 3.23. The summed E-state index contributed by atoms with van der Waals surface area (Å²) in [6.45, 7) is -0.120. The maximum absolute atomic E-state index is 13.8. The molecule has 31 heavy (non-hydrogen) atoms. The van der Waals surface area contributed by atoms with E-state index in [4.69, 9.17) is 0 Å². The SMILES string of the molecule is CCOP(=O)(OCC)C(F)=C(F)C(F)(F)C(F)(F)C(F)(F)C(F)(F)C(F)(F)C(F)(F)I. The first kappa shape index (κ1) is 30.6. The highest BCUT2D eigenvalue weighted by Crippen LogP contribution is 2.65. The first-order chi connectivity index (χ1) is 13.4. The van der Waals surface area contributed by atoms with Crippen molar-refractivity contribution in [3.05, 3.63) is 11.4 Å². The van der Waals surface area contributed by atoms with Crippen LogP contribution in [-0.2, 0) is 13.6 Å². The van der Waals surface area contributed by atoms with E-state index in [1.807, 2.05) is 0 Å². The summed E-state index contributed by atoms with van der Waals surface area (Å²) >= 11 is -0.856. The Kier molecular flexibility index (Phi) is 9.01. The van der Waals surface area contributed by atoms with Crippen LogP contribution in [-0.4, -0.2) is 46.8 Å². The van der Waals surface area contributed by atoms with E-state index in [1.165, 1.54) is 0 Å². The molecule has 0 bridgehead atoms. The molecule has 0 atom stereocenters. The Bertz CT molecular complexity index is 723. The molecule has 186 valence electrons. The lowest BCUT2D eigenvalue weighted by Gasteiger charge is -2.39. The molecule has 0 aromatic carbocycles. The van der Waals surface area contributed by atoms with E-state index in [1.54, 1.807) is 0 Å². The van der Waals surface area contributed by atoms with Gasteiger partial charge >= 0.3 is 41.1 Å². The summed E-state index contributed by atoms with van der Waals surface area (Å²) in [7, 11) is -5.86. The van der Waals surface area contributed by atoms with Crippen LogP contribution in [0.2, 0.25) is 0 Å². The molecule has 0 fully saturated rings. The van der Waals surface area contributed by atoms with E-state index >= 15 is 0 Å². The van der Waals surface area contributed by atoms with E-state index in [2.05, 4.69) is 9.05 Å². The highest BCUT2D eigenvalue weighted by molar-refractivity contribution is 14.1. The molecular formula is C12H10F14IO3P. The van der Waals surface area contributed by atoms with Crippen LogP contribution in [0.4, 0.5) is 61.5 Å². The highest BCUT2D eigenvalue weighted by Gasteiger charge is 2.90. The van der Waals surface area contributed by atoms with Crippen LogP contribution in [0.25, 0.3) is 0 Å². The number of hydrogen-bond acceptors (Lipinski definition) is 3. The third-order valence-corrected chi connectivity index (χ3v) is 5.78. The Morgan fingerprint density at radius 3 is 1.32 bits per heavy atom. The minimum atomic E-state index is -8.11. The minimum absolute atomic E-state index is 0.856. The van der Waals surface area contributed by atoms with Crippen LogP contribution in [0.1, 0.15) is 13.8 Å². The predicted octanol–water partition coefficient (Wildman–Crippen LogP) is 7.56. The molecule has 3 nitrogen and oxygen atoms in total. The van der Waals surface area contributed by atoms with Gasteiger partial charge in [-0.2, -0.15) is 57.1 Å². The van der Waals surface area contributed by atoms with Crippen molar-refractivity contribution in [3.63, 3.8) is 0 Å². The van der Waals surface area contributed by atoms with Gasteiger partial charge in [-0.15, -0.1) is 0 Å². The fourth-order valence-electron chi connectivity index (χ4n) is 1.65. The highest BCUT2D eigenvalue weighted by atomic mass is 127. The van der Waals surface area contributed by atoms with Gasteiger partial charge < -0.3 is 9.05 Å². The first-order valence-corrected chi connectivity index (χ1v) is 9.97. The quantitative estimate of drug-likeness (QED) is 0.103. The maximum Gasteiger partial charge on any atom is 0.392 e. The van der Waals surface area contributed by atoms with Crippen LogP contribution in [0, 0.1) is 0 Å². The third kappa shape index (κ3) is 4.81. The molecule has 0 aliphatic carbocycles. The number of rotatable bonds is 11. The van der Waals surface area contributed by atoms with Crippen molar-refractivity contribution in [1.29, 1.82) is 0 Å². The molecule has 0 spiro atoms. The maximum atomic E-state index is 13.8. The Hall–Kier alpha value is -0.360. The van der Waals surface area contributed by atoms with Crippen molar-refractivity contribution < 1.29 is 75.1 Å². The van der Waals surface area contributed by atoms with Gasteiger partial charge in [0, 0.05) is 22.6 Å². The van der Waals surface area contributed by atoms with Gasteiger partial charge in [-0.05, 0) is 13.8 Å². The molecule has 0 aliphatic rings. The molecule has 0 heterocycles. The lowest BCUT2D eigenvalue weighted by Crippen LogP contribution is -2.70. The number of allylic oxidation sites excluding steroid dienone is 1. The average Bonchev–Trinajstić information content (AvgIpc) is 2.58. The van der Waals surface area contributed by atoms with Crippen LogP contribution < -0.4 is 0 Å². The Morgan fingerprint density at radius 2 is 1.03 bits per heavy atom. The zero-order valence-corrected chi connectivity index (χ0v) is 17.8. The van der Waals surface area contributed by atoms with Crippen molar-refractivity contribution in [2.45, 2.75) is 47.4 Å². The number of alkyl halides is 13. The second-order valence-corrected chi connectivity index (χ2v) is 8.57. The predicted molar refractivity (Wildman–Crippen MR) is 83.8 cm³/mol. The van der Waals surface area contributed by atoms with Gasteiger partial charge in [-0.3, -0.25) is 4.57 Å². The largest absolute Gasteiger partial charge is 0.392 e. The van der Waals surface area contributed by atoms with E-state index in [0.29, 0.717) is 0 Å². The normalized spacial score (nSPS) is 16.4. The average molecular weight is 626 g/mol. The summed E-state index contributed by atoms with van der Waals surface area (Å²) in [4.78, 5) is 0. The van der Waals surface area contributed by atoms with Crippen LogP contribution >= 0.6 is 30.2 Å². The zero-order chi connectivity index (χ0) is 25.5. The topological polar surface area (TPSA) is 35.5 Å². The van der Waals surface area contributed by atoms with Crippen LogP contribution in [0.5, 0.6) is 0 Å². The summed E-state index contributed by atoms with van der Waals surface area (Å²) in [5.74, 6) is -43.2. The van der Waals surface area contributed by atoms with Gasteiger partial charge in [0.05, 0.1) is 13.2 Å². The first-order valence-electron chi connectivity index (χ1n) is 7.35. The second-order valence-electron chi connectivity index (χ2n) is 5.31. The van der Waals surface area contributed by atoms with Gasteiger partial charge in [0.1, 0.15) is 0 Å². The lowest BCUT2D eigenvalue weighted by molar-refractivity contribution is -0.411.